The van der Waals surface area contributed by atoms with Crippen LogP contribution in [0.5, 0.6) is 0 Å². The summed E-state index contributed by atoms with van der Waals surface area (Å²) in [5.41, 5.74) is 1.06. The Morgan fingerprint density at radius 3 is 2.56 bits per heavy atom. The molecule has 1 aromatic carbocycles. The number of benzene rings is 1. The fourth-order valence-corrected chi connectivity index (χ4v) is 1.56. The van der Waals surface area contributed by atoms with Crippen LogP contribution in [0.25, 0.3) is 0 Å². The summed E-state index contributed by atoms with van der Waals surface area (Å²) in [7, 11) is 1.96. The van der Waals surface area contributed by atoms with Crippen molar-refractivity contribution < 1.29 is 0 Å². The molecule has 0 fully saturated rings. The Balaban J connectivity index is 2.23. The van der Waals surface area contributed by atoms with Crippen LogP contribution in [0.4, 0.5) is 17.5 Å². The molecule has 0 radical (unpaired) electrons. The summed E-state index contributed by atoms with van der Waals surface area (Å²) in [6.07, 6.45) is 1.65. The van der Waals surface area contributed by atoms with Gasteiger partial charge in [-0.2, -0.15) is 10.1 Å². The van der Waals surface area contributed by atoms with Crippen molar-refractivity contribution in [2.45, 2.75) is 19.9 Å². The first kappa shape index (κ1) is 12.3. The van der Waals surface area contributed by atoms with Crippen molar-refractivity contribution >= 4 is 17.5 Å². The molecule has 0 unspecified atom stereocenters. The van der Waals surface area contributed by atoms with Gasteiger partial charge in [0.05, 0.1) is 6.20 Å². The van der Waals surface area contributed by atoms with Gasteiger partial charge in [0.15, 0.2) is 5.82 Å². The van der Waals surface area contributed by atoms with Crippen molar-refractivity contribution in [1.29, 1.82) is 0 Å². The van der Waals surface area contributed by atoms with Crippen molar-refractivity contribution in [3.63, 3.8) is 0 Å². The number of rotatable bonds is 4. The molecule has 0 spiro atoms. The number of nitrogens with one attached hydrogen (secondary N) is 1. The molecule has 0 aliphatic heterocycles. The third kappa shape index (κ3) is 2.94. The van der Waals surface area contributed by atoms with E-state index in [-0.39, 0.29) is 6.04 Å². The molecule has 0 aliphatic rings. The van der Waals surface area contributed by atoms with E-state index < -0.39 is 0 Å². The highest BCUT2D eigenvalue weighted by Crippen LogP contribution is 2.20. The minimum Gasteiger partial charge on any atom is -0.351 e. The molecule has 94 valence electrons. The monoisotopic (exact) mass is 243 g/mol. The fourth-order valence-electron chi connectivity index (χ4n) is 1.56. The van der Waals surface area contributed by atoms with Gasteiger partial charge in [-0.25, -0.2) is 0 Å². The standard InChI is InChI=1S/C13H17N5/c1-10(2)15-13-16-12(9-14-17-13)18(3)11-7-5-4-6-8-11/h4-10H,1-3H3,(H,15,16,17). The Morgan fingerprint density at radius 1 is 1.17 bits per heavy atom. The lowest BCUT2D eigenvalue weighted by Crippen LogP contribution is -2.16. The predicted octanol–water partition coefficient (Wildman–Crippen LogP) is 2.46. The van der Waals surface area contributed by atoms with Crippen molar-refractivity contribution in [1.82, 2.24) is 15.2 Å². The molecule has 1 aromatic heterocycles. The smallest absolute Gasteiger partial charge is 0.244 e. The van der Waals surface area contributed by atoms with Crippen LogP contribution < -0.4 is 10.2 Å². The molecular formula is C13H17N5. The minimum atomic E-state index is 0.282. The van der Waals surface area contributed by atoms with Crippen LogP contribution in [0.1, 0.15) is 13.8 Å². The van der Waals surface area contributed by atoms with Gasteiger partial charge in [-0.1, -0.05) is 18.2 Å². The molecule has 0 aliphatic carbocycles. The SMILES string of the molecule is CC(C)Nc1nncc(N(C)c2ccccc2)n1. The van der Waals surface area contributed by atoms with Gasteiger partial charge in [-0.15, -0.1) is 5.10 Å². The zero-order chi connectivity index (χ0) is 13.0. The van der Waals surface area contributed by atoms with Gasteiger partial charge in [0.2, 0.25) is 5.95 Å². The van der Waals surface area contributed by atoms with Gasteiger partial charge in [0.25, 0.3) is 0 Å². The first-order valence-electron chi connectivity index (χ1n) is 5.92. The summed E-state index contributed by atoms with van der Waals surface area (Å²) in [6.45, 7) is 4.08. The number of aromatic nitrogens is 3. The summed E-state index contributed by atoms with van der Waals surface area (Å²) < 4.78 is 0. The molecule has 2 rings (SSSR count). The predicted molar refractivity (Wildman–Crippen MR) is 73.1 cm³/mol. The van der Waals surface area contributed by atoms with Gasteiger partial charge in [-0.3, -0.25) is 0 Å². The van der Waals surface area contributed by atoms with E-state index in [0.717, 1.165) is 11.5 Å². The molecule has 1 heterocycles. The average Bonchev–Trinajstić information content (AvgIpc) is 2.38. The number of hydrogen-bond donors (Lipinski definition) is 1. The number of hydrogen-bond acceptors (Lipinski definition) is 5. The maximum atomic E-state index is 4.43. The molecule has 5 nitrogen and oxygen atoms in total. The van der Waals surface area contributed by atoms with E-state index in [4.69, 9.17) is 0 Å². The topological polar surface area (TPSA) is 53.9 Å². The van der Waals surface area contributed by atoms with Crippen molar-refractivity contribution in [3.05, 3.63) is 36.5 Å². The lowest BCUT2D eigenvalue weighted by atomic mass is 10.3. The van der Waals surface area contributed by atoms with E-state index >= 15 is 0 Å². The summed E-state index contributed by atoms with van der Waals surface area (Å²) >= 11 is 0. The molecule has 0 amide bonds. The normalized spacial score (nSPS) is 10.4. The van der Waals surface area contributed by atoms with Crippen molar-refractivity contribution in [3.8, 4) is 0 Å². The second-order valence-corrected chi connectivity index (χ2v) is 4.33. The Labute approximate surface area is 107 Å². The minimum absolute atomic E-state index is 0.282. The largest absolute Gasteiger partial charge is 0.351 e. The molecule has 1 N–H and O–H groups in total. The molecular weight excluding hydrogens is 226 g/mol. The van der Waals surface area contributed by atoms with Crippen molar-refractivity contribution in [2.75, 3.05) is 17.3 Å². The third-order valence-corrected chi connectivity index (χ3v) is 2.45. The van der Waals surface area contributed by atoms with E-state index in [2.05, 4.69) is 20.5 Å². The van der Waals surface area contributed by atoms with Gasteiger partial charge in [0, 0.05) is 18.8 Å². The number of para-hydroxylation sites is 1. The summed E-state index contributed by atoms with van der Waals surface area (Å²) in [5, 5.41) is 11.1. The quantitative estimate of drug-likeness (QED) is 0.894. The van der Waals surface area contributed by atoms with Crippen LogP contribution in [0.3, 0.4) is 0 Å². The zero-order valence-corrected chi connectivity index (χ0v) is 10.8. The lowest BCUT2D eigenvalue weighted by Gasteiger charge is -2.18. The summed E-state index contributed by atoms with van der Waals surface area (Å²) in [5.74, 6) is 1.31. The number of nitrogens with zero attached hydrogens (tertiary/aromatic N) is 4. The second-order valence-electron chi connectivity index (χ2n) is 4.33. The maximum absolute atomic E-state index is 4.43. The molecule has 18 heavy (non-hydrogen) atoms. The average molecular weight is 243 g/mol. The Bertz CT molecular complexity index is 498. The van der Waals surface area contributed by atoms with Gasteiger partial charge < -0.3 is 10.2 Å². The van der Waals surface area contributed by atoms with Gasteiger partial charge in [-0.05, 0) is 26.0 Å². The maximum Gasteiger partial charge on any atom is 0.244 e. The van der Waals surface area contributed by atoms with E-state index in [1.54, 1.807) is 6.20 Å². The Kier molecular flexibility index (Phi) is 3.72. The molecule has 2 aromatic rings. The van der Waals surface area contributed by atoms with Crippen molar-refractivity contribution in [2.24, 2.45) is 0 Å². The fraction of sp³-hybridized carbons (Fsp3) is 0.308. The molecule has 0 bridgehead atoms. The first-order chi connectivity index (χ1) is 8.66. The second kappa shape index (κ2) is 5.44. The molecule has 0 saturated heterocycles. The van der Waals surface area contributed by atoms with E-state index in [1.807, 2.05) is 56.1 Å². The first-order valence-corrected chi connectivity index (χ1v) is 5.92. The highest BCUT2D eigenvalue weighted by atomic mass is 15.3. The summed E-state index contributed by atoms with van der Waals surface area (Å²) in [6, 6.07) is 10.3. The van der Waals surface area contributed by atoms with Crippen LogP contribution >= 0.6 is 0 Å². The summed E-state index contributed by atoms with van der Waals surface area (Å²) in [4.78, 5) is 6.40. The molecule has 0 atom stereocenters. The van der Waals surface area contributed by atoms with Crippen LogP contribution in [-0.2, 0) is 0 Å². The highest BCUT2D eigenvalue weighted by Gasteiger charge is 2.07. The highest BCUT2D eigenvalue weighted by molar-refractivity contribution is 5.58. The van der Waals surface area contributed by atoms with Crippen LogP contribution in [0.2, 0.25) is 0 Å². The molecule has 5 heteroatoms. The van der Waals surface area contributed by atoms with Crippen LogP contribution in [0.15, 0.2) is 36.5 Å². The lowest BCUT2D eigenvalue weighted by molar-refractivity contribution is 0.847. The Morgan fingerprint density at radius 2 is 1.89 bits per heavy atom. The molecule has 0 saturated carbocycles. The third-order valence-electron chi connectivity index (χ3n) is 2.45. The Hall–Kier alpha value is -2.17. The van der Waals surface area contributed by atoms with E-state index in [1.165, 1.54) is 0 Å². The van der Waals surface area contributed by atoms with Crippen LogP contribution in [-0.4, -0.2) is 28.3 Å². The van der Waals surface area contributed by atoms with E-state index in [9.17, 15) is 0 Å². The van der Waals surface area contributed by atoms with Crippen LogP contribution in [0, 0.1) is 0 Å². The van der Waals surface area contributed by atoms with Gasteiger partial charge >= 0.3 is 0 Å². The number of anilines is 3. The van der Waals surface area contributed by atoms with E-state index in [0.29, 0.717) is 5.95 Å². The zero-order valence-electron chi connectivity index (χ0n) is 10.8. The van der Waals surface area contributed by atoms with Gasteiger partial charge in [0.1, 0.15) is 0 Å².